The number of carbonyl (C=O) groups is 1. The predicted octanol–water partition coefficient (Wildman–Crippen LogP) is 5.59. The van der Waals surface area contributed by atoms with Crippen LogP contribution >= 0.6 is 0 Å². The van der Waals surface area contributed by atoms with Crippen molar-refractivity contribution in [1.29, 1.82) is 0 Å². The smallest absolute Gasteiger partial charge is 0.231 e. The van der Waals surface area contributed by atoms with E-state index >= 15 is 0 Å². The number of benzene rings is 3. The van der Waals surface area contributed by atoms with Gasteiger partial charge in [-0.1, -0.05) is 42.0 Å². The van der Waals surface area contributed by atoms with Gasteiger partial charge >= 0.3 is 0 Å². The maximum Gasteiger partial charge on any atom is 0.231 e. The molecule has 0 amide bonds. The molecule has 0 saturated carbocycles. The Bertz CT molecular complexity index is 1270. The summed E-state index contributed by atoms with van der Waals surface area (Å²) in [6, 6.07) is 18.2. The zero-order chi connectivity index (χ0) is 22.7. The molecule has 162 valence electrons. The number of hydrogen-bond acceptors (Lipinski definition) is 6. The largest absolute Gasteiger partial charge is 0.496 e. The second kappa shape index (κ2) is 8.98. The fourth-order valence-electron chi connectivity index (χ4n) is 3.39. The minimum Gasteiger partial charge on any atom is -0.496 e. The SMILES string of the molecule is COc1cc(OC)c(OC)cc1/C=C(/C(=O)c1ccc(C)cc1)c1nc2ccccc2o1. The molecule has 4 rings (SSSR count). The number of hydrogen-bond donors (Lipinski definition) is 0. The molecular formula is C26H23NO5. The highest BCUT2D eigenvalue weighted by Crippen LogP contribution is 2.37. The van der Waals surface area contributed by atoms with Crippen LogP contribution in [0.1, 0.15) is 27.4 Å². The van der Waals surface area contributed by atoms with Crippen molar-refractivity contribution in [2.24, 2.45) is 0 Å². The van der Waals surface area contributed by atoms with Gasteiger partial charge in [-0.25, -0.2) is 4.98 Å². The van der Waals surface area contributed by atoms with Crippen molar-refractivity contribution in [1.82, 2.24) is 4.98 Å². The summed E-state index contributed by atoms with van der Waals surface area (Å²) in [6.45, 7) is 1.97. The Morgan fingerprint density at radius 1 is 0.875 bits per heavy atom. The monoisotopic (exact) mass is 429 g/mol. The summed E-state index contributed by atoms with van der Waals surface area (Å²) in [5.74, 6) is 1.57. The van der Waals surface area contributed by atoms with Gasteiger partial charge in [-0.2, -0.15) is 0 Å². The van der Waals surface area contributed by atoms with Gasteiger partial charge in [0.1, 0.15) is 11.3 Å². The number of aromatic nitrogens is 1. The van der Waals surface area contributed by atoms with E-state index in [4.69, 9.17) is 18.6 Å². The van der Waals surface area contributed by atoms with Crippen molar-refractivity contribution in [2.45, 2.75) is 6.92 Å². The van der Waals surface area contributed by atoms with Crippen molar-refractivity contribution >= 4 is 28.5 Å². The highest BCUT2D eigenvalue weighted by Gasteiger charge is 2.22. The van der Waals surface area contributed by atoms with E-state index in [1.54, 1.807) is 51.7 Å². The number of methoxy groups -OCH3 is 3. The first kappa shape index (κ1) is 21.2. The molecule has 6 nitrogen and oxygen atoms in total. The molecule has 0 aliphatic heterocycles. The summed E-state index contributed by atoms with van der Waals surface area (Å²) in [7, 11) is 4.66. The summed E-state index contributed by atoms with van der Waals surface area (Å²) in [6.07, 6.45) is 1.70. The van der Waals surface area contributed by atoms with Crippen LogP contribution in [0.15, 0.2) is 65.1 Å². The summed E-state index contributed by atoms with van der Waals surface area (Å²) in [4.78, 5) is 18.1. The van der Waals surface area contributed by atoms with Gasteiger partial charge in [0.15, 0.2) is 22.9 Å². The number of ether oxygens (including phenoxy) is 3. The van der Waals surface area contributed by atoms with E-state index in [2.05, 4.69) is 4.98 Å². The zero-order valence-corrected chi connectivity index (χ0v) is 18.3. The van der Waals surface area contributed by atoms with Crippen LogP contribution in [-0.2, 0) is 0 Å². The molecule has 0 N–H and O–H groups in total. The molecule has 0 atom stereocenters. The second-order valence-electron chi connectivity index (χ2n) is 7.19. The van der Waals surface area contributed by atoms with Gasteiger partial charge < -0.3 is 18.6 Å². The average molecular weight is 429 g/mol. The molecule has 1 heterocycles. The minimum atomic E-state index is -0.214. The lowest BCUT2D eigenvalue weighted by molar-refractivity contribution is 0.105. The lowest BCUT2D eigenvalue weighted by atomic mass is 9.99. The standard InChI is InChI=1S/C26H23NO5/c1-16-9-11-17(12-10-16)25(28)19(26-27-20-7-5-6-8-21(20)32-26)13-18-14-23(30-3)24(31-4)15-22(18)29-2/h5-15H,1-4H3/b19-13-. The number of ketones is 1. The number of nitrogens with zero attached hydrogens (tertiary/aromatic N) is 1. The molecule has 4 aromatic rings. The first-order chi connectivity index (χ1) is 15.5. The lowest BCUT2D eigenvalue weighted by Crippen LogP contribution is -2.04. The Kier molecular flexibility index (Phi) is 5.94. The van der Waals surface area contributed by atoms with Gasteiger partial charge in [0.25, 0.3) is 0 Å². The molecule has 0 radical (unpaired) electrons. The Labute approximate surface area is 186 Å². The minimum absolute atomic E-state index is 0.214. The number of rotatable bonds is 7. The number of aryl methyl sites for hydroxylation is 1. The molecule has 0 fully saturated rings. The van der Waals surface area contributed by atoms with Crippen molar-refractivity contribution in [3.8, 4) is 17.2 Å². The van der Waals surface area contributed by atoms with E-state index < -0.39 is 0 Å². The third-order valence-corrected chi connectivity index (χ3v) is 5.12. The van der Waals surface area contributed by atoms with Crippen LogP contribution in [0.3, 0.4) is 0 Å². The molecule has 0 saturated heterocycles. The molecule has 0 spiro atoms. The maximum absolute atomic E-state index is 13.5. The molecule has 0 aliphatic rings. The Morgan fingerprint density at radius 2 is 1.53 bits per heavy atom. The van der Waals surface area contributed by atoms with Gasteiger partial charge in [-0.15, -0.1) is 0 Å². The van der Waals surface area contributed by atoms with E-state index in [1.807, 2.05) is 43.3 Å². The number of fused-ring (bicyclic) bond motifs is 1. The van der Waals surface area contributed by atoms with Crippen molar-refractivity contribution < 1.29 is 23.4 Å². The van der Waals surface area contributed by atoms with Crippen LogP contribution in [0, 0.1) is 6.92 Å². The second-order valence-corrected chi connectivity index (χ2v) is 7.19. The molecule has 0 aliphatic carbocycles. The molecule has 6 heteroatoms. The molecule has 32 heavy (non-hydrogen) atoms. The first-order valence-electron chi connectivity index (χ1n) is 10.0. The third kappa shape index (κ3) is 4.07. The summed E-state index contributed by atoms with van der Waals surface area (Å²) in [5.41, 5.74) is 3.80. The van der Waals surface area contributed by atoms with Crippen molar-refractivity contribution in [3.05, 3.63) is 83.2 Å². The van der Waals surface area contributed by atoms with E-state index in [1.165, 1.54) is 0 Å². The van der Waals surface area contributed by atoms with Gasteiger partial charge in [-0.3, -0.25) is 4.79 Å². The van der Waals surface area contributed by atoms with Crippen LogP contribution in [0.4, 0.5) is 0 Å². The first-order valence-corrected chi connectivity index (χ1v) is 10.0. The number of allylic oxidation sites excluding steroid dienone is 1. The Balaban J connectivity index is 1.92. The summed E-state index contributed by atoms with van der Waals surface area (Å²) >= 11 is 0. The lowest BCUT2D eigenvalue weighted by Gasteiger charge is -2.13. The van der Waals surface area contributed by atoms with Crippen molar-refractivity contribution in [2.75, 3.05) is 21.3 Å². The van der Waals surface area contributed by atoms with E-state index in [0.717, 1.165) is 5.56 Å². The molecular weight excluding hydrogens is 406 g/mol. The van der Waals surface area contributed by atoms with Gasteiger partial charge in [0.05, 0.1) is 26.9 Å². The highest BCUT2D eigenvalue weighted by atomic mass is 16.5. The molecule has 1 aromatic heterocycles. The normalized spacial score (nSPS) is 11.4. The molecule has 0 bridgehead atoms. The van der Waals surface area contributed by atoms with E-state index in [0.29, 0.717) is 45.0 Å². The Hall–Kier alpha value is -4.06. The van der Waals surface area contributed by atoms with Crippen molar-refractivity contribution in [3.63, 3.8) is 0 Å². The predicted molar refractivity (Wildman–Crippen MR) is 123 cm³/mol. The topological polar surface area (TPSA) is 70.8 Å². The number of para-hydroxylation sites is 2. The van der Waals surface area contributed by atoms with E-state index in [-0.39, 0.29) is 11.7 Å². The van der Waals surface area contributed by atoms with E-state index in [9.17, 15) is 4.79 Å². The number of Topliss-reactive ketones (excluding diaryl/α,β-unsaturated/α-hetero) is 1. The quantitative estimate of drug-likeness (QED) is 0.282. The van der Waals surface area contributed by atoms with Gasteiger partial charge in [0, 0.05) is 17.2 Å². The van der Waals surface area contributed by atoms with Crippen LogP contribution < -0.4 is 14.2 Å². The maximum atomic E-state index is 13.5. The zero-order valence-electron chi connectivity index (χ0n) is 18.3. The summed E-state index contributed by atoms with van der Waals surface area (Å²) in [5, 5.41) is 0. The van der Waals surface area contributed by atoms with Crippen LogP contribution in [0.25, 0.3) is 22.7 Å². The van der Waals surface area contributed by atoms with Gasteiger partial charge in [-0.05, 0) is 31.2 Å². The summed E-state index contributed by atoms with van der Waals surface area (Å²) < 4.78 is 22.3. The third-order valence-electron chi connectivity index (χ3n) is 5.12. The molecule has 0 unspecified atom stereocenters. The molecule has 3 aromatic carbocycles. The average Bonchev–Trinajstić information content (AvgIpc) is 3.26. The van der Waals surface area contributed by atoms with Crippen LogP contribution in [0.2, 0.25) is 0 Å². The fourth-order valence-corrected chi connectivity index (χ4v) is 3.39. The van der Waals surface area contributed by atoms with Gasteiger partial charge in [0.2, 0.25) is 5.89 Å². The number of oxazole rings is 1. The number of carbonyl (C=O) groups excluding carboxylic acids is 1. The fraction of sp³-hybridized carbons (Fsp3) is 0.154. The highest BCUT2D eigenvalue weighted by molar-refractivity contribution is 6.31. The van der Waals surface area contributed by atoms with Crippen LogP contribution in [0.5, 0.6) is 17.2 Å². The Morgan fingerprint density at radius 3 is 2.19 bits per heavy atom. The van der Waals surface area contributed by atoms with Crippen LogP contribution in [-0.4, -0.2) is 32.1 Å².